The minimum atomic E-state index is -0.515. The molecule has 0 saturated carbocycles. The Morgan fingerprint density at radius 1 is 1.04 bits per heavy atom. The summed E-state index contributed by atoms with van der Waals surface area (Å²) < 4.78 is 5.70. The molecule has 2 heterocycles. The van der Waals surface area contributed by atoms with E-state index < -0.39 is 6.04 Å². The fourth-order valence-electron chi connectivity index (χ4n) is 3.08. The van der Waals surface area contributed by atoms with Crippen molar-refractivity contribution in [2.45, 2.75) is 6.04 Å². The van der Waals surface area contributed by atoms with Gasteiger partial charge in [-0.2, -0.15) is 0 Å². The molecule has 0 radical (unpaired) electrons. The molecular weight excluding hydrogens is 294 g/mol. The second-order valence-corrected chi connectivity index (χ2v) is 5.58. The summed E-state index contributed by atoms with van der Waals surface area (Å²) in [4.78, 5) is 26.8. The summed E-state index contributed by atoms with van der Waals surface area (Å²) in [5, 5.41) is 9.90. The van der Waals surface area contributed by atoms with Crippen molar-refractivity contribution in [2.24, 2.45) is 0 Å². The molecule has 1 N–H and O–H groups in total. The number of nitrogens with zero attached hydrogens (tertiary/aromatic N) is 1. The summed E-state index contributed by atoms with van der Waals surface area (Å²) in [6, 6.07) is 12.9. The molecule has 4 rings (SSSR count). The van der Waals surface area contributed by atoms with Crippen LogP contribution < -0.4 is 5.43 Å². The van der Waals surface area contributed by atoms with Crippen molar-refractivity contribution in [3.05, 3.63) is 75.6 Å². The van der Waals surface area contributed by atoms with E-state index in [-0.39, 0.29) is 22.8 Å². The maximum atomic E-state index is 12.9. The lowest BCUT2D eigenvalue weighted by molar-refractivity contribution is 0.0771. The molecule has 1 aliphatic rings. The third kappa shape index (κ3) is 1.86. The van der Waals surface area contributed by atoms with E-state index in [9.17, 15) is 14.7 Å². The standard InChI is InChI=1S/C18H13NO4/c1-19-15(10-6-8-11(20)9-7-10)14-16(21)12-4-2-3-5-13(12)23-17(14)18(19)22/h2-9,15,20H,1H3. The Morgan fingerprint density at radius 3 is 2.48 bits per heavy atom. The normalized spacial score (nSPS) is 16.8. The van der Waals surface area contributed by atoms with Crippen LogP contribution in [0.4, 0.5) is 0 Å². The van der Waals surface area contributed by atoms with Crippen LogP contribution in [0.1, 0.15) is 27.7 Å². The Kier molecular flexibility index (Phi) is 2.78. The van der Waals surface area contributed by atoms with E-state index in [1.165, 1.54) is 17.0 Å². The zero-order valence-corrected chi connectivity index (χ0v) is 12.3. The van der Waals surface area contributed by atoms with E-state index >= 15 is 0 Å². The van der Waals surface area contributed by atoms with Crippen LogP contribution in [0.3, 0.4) is 0 Å². The number of hydrogen-bond acceptors (Lipinski definition) is 4. The van der Waals surface area contributed by atoms with E-state index in [1.807, 2.05) is 0 Å². The predicted octanol–water partition coefficient (Wildman–Crippen LogP) is 2.67. The Morgan fingerprint density at radius 2 is 1.74 bits per heavy atom. The first kappa shape index (κ1) is 13.6. The lowest BCUT2D eigenvalue weighted by Gasteiger charge is -2.20. The summed E-state index contributed by atoms with van der Waals surface area (Å²) in [6.45, 7) is 0. The fraction of sp³-hybridized carbons (Fsp3) is 0.111. The molecule has 0 spiro atoms. The molecule has 1 unspecified atom stereocenters. The highest BCUT2D eigenvalue weighted by atomic mass is 16.3. The van der Waals surface area contributed by atoms with Gasteiger partial charge in [-0.1, -0.05) is 24.3 Å². The zero-order chi connectivity index (χ0) is 16.1. The Balaban J connectivity index is 2.03. The number of hydrogen-bond donors (Lipinski definition) is 1. The molecule has 0 saturated heterocycles. The largest absolute Gasteiger partial charge is 0.508 e. The number of para-hydroxylation sites is 1. The average molecular weight is 307 g/mol. The van der Waals surface area contributed by atoms with E-state index in [4.69, 9.17) is 4.42 Å². The minimum Gasteiger partial charge on any atom is -0.508 e. The molecule has 1 atom stereocenters. The number of aromatic hydroxyl groups is 1. The van der Waals surface area contributed by atoms with E-state index in [0.29, 0.717) is 16.5 Å². The number of phenolic OH excluding ortho intramolecular Hbond substituents is 1. The predicted molar refractivity (Wildman–Crippen MR) is 84.5 cm³/mol. The third-order valence-corrected chi connectivity index (χ3v) is 4.22. The first-order valence-corrected chi connectivity index (χ1v) is 7.20. The molecule has 3 aromatic rings. The number of rotatable bonds is 1. The third-order valence-electron chi connectivity index (χ3n) is 4.22. The van der Waals surface area contributed by atoms with Crippen LogP contribution in [-0.2, 0) is 0 Å². The van der Waals surface area contributed by atoms with Crippen molar-refractivity contribution in [1.82, 2.24) is 4.90 Å². The molecular formula is C18H13NO4. The lowest BCUT2D eigenvalue weighted by Crippen LogP contribution is -2.25. The van der Waals surface area contributed by atoms with Gasteiger partial charge in [-0.05, 0) is 29.8 Å². The highest BCUT2D eigenvalue weighted by molar-refractivity contribution is 5.98. The van der Waals surface area contributed by atoms with Gasteiger partial charge in [0.25, 0.3) is 5.91 Å². The summed E-state index contributed by atoms with van der Waals surface area (Å²) in [5.41, 5.74) is 1.31. The number of phenols is 1. The maximum Gasteiger partial charge on any atom is 0.290 e. The quantitative estimate of drug-likeness (QED) is 0.750. The molecule has 0 fully saturated rings. The van der Waals surface area contributed by atoms with Crippen LogP contribution in [-0.4, -0.2) is 23.0 Å². The molecule has 2 aromatic carbocycles. The fourth-order valence-corrected chi connectivity index (χ4v) is 3.08. The van der Waals surface area contributed by atoms with Crippen LogP contribution in [0.25, 0.3) is 11.0 Å². The molecule has 5 heteroatoms. The topological polar surface area (TPSA) is 70.8 Å². The summed E-state index contributed by atoms with van der Waals surface area (Å²) >= 11 is 0. The summed E-state index contributed by atoms with van der Waals surface area (Å²) in [5.74, 6) is -0.0956. The molecule has 1 aromatic heterocycles. The van der Waals surface area contributed by atoms with Crippen LogP contribution in [0.2, 0.25) is 0 Å². The van der Waals surface area contributed by atoms with Crippen molar-refractivity contribution in [3.8, 4) is 5.75 Å². The Bertz CT molecular complexity index is 988. The monoisotopic (exact) mass is 307 g/mol. The van der Waals surface area contributed by atoms with Crippen molar-refractivity contribution < 1.29 is 14.3 Å². The number of benzene rings is 2. The first-order valence-electron chi connectivity index (χ1n) is 7.20. The smallest absolute Gasteiger partial charge is 0.290 e. The highest BCUT2D eigenvalue weighted by Gasteiger charge is 2.40. The van der Waals surface area contributed by atoms with Crippen LogP contribution in [0.5, 0.6) is 5.75 Å². The summed E-state index contributed by atoms with van der Waals surface area (Å²) in [6.07, 6.45) is 0. The molecule has 0 bridgehead atoms. The van der Waals surface area contributed by atoms with Gasteiger partial charge in [0.15, 0.2) is 5.43 Å². The van der Waals surface area contributed by atoms with Crippen molar-refractivity contribution in [3.63, 3.8) is 0 Å². The second-order valence-electron chi connectivity index (χ2n) is 5.58. The van der Waals surface area contributed by atoms with Crippen LogP contribution in [0.15, 0.2) is 57.7 Å². The van der Waals surface area contributed by atoms with E-state index in [2.05, 4.69) is 0 Å². The molecule has 5 nitrogen and oxygen atoms in total. The number of carbonyl (C=O) groups excluding carboxylic acids is 1. The molecule has 1 aliphatic heterocycles. The van der Waals surface area contributed by atoms with E-state index in [1.54, 1.807) is 43.4 Å². The maximum absolute atomic E-state index is 12.9. The molecule has 0 aliphatic carbocycles. The van der Waals surface area contributed by atoms with Crippen molar-refractivity contribution >= 4 is 16.9 Å². The first-order chi connectivity index (χ1) is 11.1. The Labute approximate surface area is 131 Å². The SMILES string of the molecule is CN1C(=O)c2oc3ccccc3c(=O)c2C1c1ccc(O)cc1. The highest BCUT2D eigenvalue weighted by Crippen LogP contribution is 2.37. The van der Waals surface area contributed by atoms with Gasteiger partial charge < -0.3 is 14.4 Å². The van der Waals surface area contributed by atoms with Gasteiger partial charge in [0.1, 0.15) is 11.3 Å². The van der Waals surface area contributed by atoms with Gasteiger partial charge in [-0.25, -0.2) is 0 Å². The van der Waals surface area contributed by atoms with Gasteiger partial charge in [0.05, 0.1) is 17.0 Å². The van der Waals surface area contributed by atoms with Crippen LogP contribution >= 0.6 is 0 Å². The summed E-state index contributed by atoms with van der Waals surface area (Å²) in [7, 11) is 1.64. The molecule has 1 amide bonds. The minimum absolute atomic E-state index is 0.0919. The van der Waals surface area contributed by atoms with Crippen molar-refractivity contribution in [2.75, 3.05) is 7.05 Å². The Hall–Kier alpha value is -3.08. The van der Waals surface area contributed by atoms with Gasteiger partial charge >= 0.3 is 0 Å². The van der Waals surface area contributed by atoms with Crippen LogP contribution in [0, 0.1) is 0 Å². The van der Waals surface area contributed by atoms with E-state index in [0.717, 1.165) is 5.56 Å². The van der Waals surface area contributed by atoms with Gasteiger partial charge in [-0.3, -0.25) is 9.59 Å². The molecule has 23 heavy (non-hydrogen) atoms. The number of fused-ring (bicyclic) bond motifs is 2. The average Bonchev–Trinajstić information content (AvgIpc) is 2.81. The van der Waals surface area contributed by atoms with Gasteiger partial charge in [0, 0.05) is 7.05 Å². The molecule has 114 valence electrons. The lowest BCUT2D eigenvalue weighted by atomic mass is 9.99. The number of amides is 1. The van der Waals surface area contributed by atoms with Gasteiger partial charge in [-0.15, -0.1) is 0 Å². The second kappa shape index (κ2) is 4.71. The number of carbonyl (C=O) groups is 1. The van der Waals surface area contributed by atoms with Crippen molar-refractivity contribution in [1.29, 1.82) is 0 Å². The zero-order valence-electron chi connectivity index (χ0n) is 12.3. The van der Waals surface area contributed by atoms with Gasteiger partial charge in [0.2, 0.25) is 5.76 Å².